The summed E-state index contributed by atoms with van der Waals surface area (Å²) in [6, 6.07) is 10.5. The first-order valence-electron chi connectivity index (χ1n) is 7.92. The van der Waals surface area contributed by atoms with Gasteiger partial charge in [0.15, 0.2) is 6.10 Å². The lowest BCUT2D eigenvalue weighted by Gasteiger charge is -2.14. The lowest BCUT2D eigenvalue weighted by atomic mass is 10.1. The van der Waals surface area contributed by atoms with Crippen molar-refractivity contribution in [3.63, 3.8) is 0 Å². The van der Waals surface area contributed by atoms with E-state index in [0.29, 0.717) is 11.3 Å². The van der Waals surface area contributed by atoms with E-state index < -0.39 is 28.0 Å². The summed E-state index contributed by atoms with van der Waals surface area (Å²) in [5.41, 5.74) is 5.85. The van der Waals surface area contributed by atoms with Gasteiger partial charge in [0.05, 0.1) is 23.3 Å². The molecule has 9 heteroatoms. The monoisotopic (exact) mass is 392 g/mol. The van der Waals surface area contributed by atoms with Crippen LogP contribution in [0.1, 0.15) is 22.8 Å². The Bertz CT molecular complexity index is 972. The highest BCUT2D eigenvalue weighted by Crippen LogP contribution is 2.27. The molecule has 27 heavy (non-hydrogen) atoms. The summed E-state index contributed by atoms with van der Waals surface area (Å²) in [6.07, 6.45) is -1.14. The average Bonchev–Trinajstić information content (AvgIpc) is 2.61. The third kappa shape index (κ3) is 4.76. The molecule has 0 saturated carbocycles. The average molecular weight is 392 g/mol. The zero-order valence-corrected chi connectivity index (χ0v) is 15.9. The van der Waals surface area contributed by atoms with Crippen molar-refractivity contribution in [2.24, 2.45) is 5.73 Å². The maximum atomic E-state index is 12.7. The van der Waals surface area contributed by atoms with E-state index in [2.05, 4.69) is 4.72 Å². The zero-order chi connectivity index (χ0) is 20.2. The quantitative estimate of drug-likeness (QED) is 0.693. The summed E-state index contributed by atoms with van der Waals surface area (Å²) in [4.78, 5) is 23.2. The number of primary amides is 1. The van der Waals surface area contributed by atoms with Gasteiger partial charge in [-0.1, -0.05) is 18.2 Å². The Morgan fingerprint density at radius 3 is 2.44 bits per heavy atom. The fraction of sp³-hybridized carbons (Fsp3) is 0.222. The van der Waals surface area contributed by atoms with E-state index in [1.54, 1.807) is 31.2 Å². The molecule has 0 aliphatic heterocycles. The van der Waals surface area contributed by atoms with Gasteiger partial charge >= 0.3 is 5.97 Å². The molecule has 2 aromatic carbocycles. The first kappa shape index (κ1) is 20.2. The van der Waals surface area contributed by atoms with Crippen LogP contribution in [0.5, 0.6) is 5.75 Å². The van der Waals surface area contributed by atoms with Crippen LogP contribution in [0.3, 0.4) is 0 Å². The summed E-state index contributed by atoms with van der Waals surface area (Å²) >= 11 is 0. The van der Waals surface area contributed by atoms with E-state index in [0.717, 1.165) is 0 Å². The van der Waals surface area contributed by atoms with Crippen LogP contribution < -0.4 is 15.2 Å². The molecule has 2 rings (SSSR count). The summed E-state index contributed by atoms with van der Waals surface area (Å²) < 4.78 is 37.9. The molecule has 144 valence electrons. The fourth-order valence-corrected chi connectivity index (χ4v) is 3.30. The molecule has 1 amide bonds. The van der Waals surface area contributed by atoms with Crippen LogP contribution in [0.25, 0.3) is 0 Å². The maximum Gasteiger partial charge on any atom is 0.339 e. The number of methoxy groups -OCH3 is 1. The molecule has 0 heterocycles. The van der Waals surface area contributed by atoms with E-state index >= 15 is 0 Å². The molecular weight excluding hydrogens is 372 g/mol. The molecule has 1 atom stereocenters. The molecule has 0 aliphatic rings. The Morgan fingerprint density at radius 1 is 1.15 bits per heavy atom. The number of sulfonamides is 1. The molecule has 0 bridgehead atoms. The smallest absolute Gasteiger partial charge is 0.339 e. The zero-order valence-electron chi connectivity index (χ0n) is 15.1. The number of amides is 1. The summed E-state index contributed by atoms with van der Waals surface area (Å²) in [5, 5.41) is 0. The summed E-state index contributed by atoms with van der Waals surface area (Å²) in [5.74, 6) is -1.29. The number of hydrogen-bond acceptors (Lipinski definition) is 6. The standard InChI is InChI=1S/C18H20N2O6S/c1-11-8-9-13(10-14(11)18(22)26-12(2)17(19)21)27(23,24)20-15-6-4-5-7-16(15)25-3/h4-10,12,20H,1-3H3,(H2,19,21)/t12-/m0/s1. The molecule has 8 nitrogen and oxygen atoms in total. The number of hydrogen-bond donors (Lipinski definition) is 2. The third-order valence-corrected chi connectivity index (χ3v) is 5.14. The normalized spacial score (nSPS) is 12.1. The number of rotatable bonds is 7. The minimum atomic E-state index is -3.99. The number of para-hydroxylation sites is 2. The summed E-state index contributed by atoms with van der Waals surface area (Å²) in [7, 11) is -2.57. The molecule has 0 radical (unpaired) electrons. The number of carbonyl (C=O) groups excluding carboxylic acids is 2. The Labute approximate surface area is 157 Å². The van der Waals surface area contributed by atoms with E-state index in [1.807, 2.05) is 0 Å². The second-order valence-corrected chi connectivity index (χ2v) is 7.41. The first-order chi connectivity index (χ1) is 12.7. The lowest BCUT2D eigenvalue weighted by Crippen LogP contribution is -2.30. The highest BCUT2D eigenvalue weighted by molar-refractivity contribution is 7.92. The number of esters is 1. The Balaban J connectivity index is 2.35. The minimum Gasteiger partial charge on any atom is -0.495 e. The van der Waals surface area contributed by atoms with E-state index in [1.165, 1.54) is 32.2 Å². The number of anilines is 1. The molecule has 0 saturated heterocycles. The SMILES string of the molecule is COc1ccccc1NS(=O)(=O)c1ccc(C)c(C(=O)O[C@@H](C)C(N)=O)c1. The van der Waals surface area contributed by atoms with Crippen LogP contribution >= 0.6 is 0 Å². The maximum absolute atomic E-state index is 12.7. The predicted molar refractivity (Wildman–Crippen MR) is 99.1 cm³/mol. The first-order valence-corrected chi connectivity index (χ1v) is 9.41. The molecule has 2 aromatic rings. The Kier molecular flexibility index (Phi) is 6.06. The molecular formula is C18H20N2O6S. The van der Waals surface area contributed by atoms with Crippen molar-refractivity contribution in [2.45, 2.75) is 24.8 Å². The topological polar surface area (TPSA) is 125 Å². The molecule has 0 fully saturated rings. The van der Waals surface area contributed by atoms with Crippen LogP contribution in [0.15, 0.2) is 47.4 Å². The highest BCUT2D eigenvalue weighted by Gasteiger charge is 2.22. The van der Waals surface area contributed by atoms with Crippen LogP contribution in [0.4, 0.5) is 5.69 Å². The van der Waals surface area contributed by atoms with E-state index in [4.69, 9.17) is 15.2 Å². The van der Waals surface area contributed by atoms with E-state index in [9.17, 15) is 18.0 Å². The molecule has 3 N–H and O–H groups in total. The van der Waals surface area contributed by atoms with Crippen molar-refractivity contribution < 1.29 is 27.5 Å². The van der Waals surface area contributed by atoms with Gasteiger partial charge in [0.1, 0.15) is 5.75 Å². The van der Waals surface area contributed by atoms with E-state index in [-0.39, 0.29) is 16.1 Å². The fourth-order valence-electron chi connectivity index (χ4n) is 2.20. The van der Waals surface area contributed by atoms with Crippen LogP contribution in [0, 0.1) is 6.92 Å². The second-order valence-electron chi connectivity index (χ2n) is 5.73. The molecule has 0 aliphatic carbocycles. The van der Waals surface area contributed by atoms with Crippen molar-refractivity contribution in [1.29, 1.82) is 0 Å². The second kappa shape index (κ2) is 8.09. The number of nitrogens with two attached hydrogens (primary N) is 1. The van der Waals surface area contributed by atoms with Gasteiger partial charge in [-0.3, -0.25) is 9.52 Å². The Morgan fingerprint density at radius 2 is 1.81 bits per heavy atom. The summed E-state index contributed by atoms with van der Waals surface area (Å²) in [6.45, 7) is 2.95. The van der Waals surface area contributed by atoms with Crippen molar-refractivity contribution in [1.82, 2.24) is 0 Å². The lowest BCUT2D eigenvalue weighted by molar-refractivity contribution is -0.125. The molecule has 0 aromatic heterocycles. The van der Waals surface area contributed by atoms with Gasteiger partial charge in [-0.25, -0.2) is 13.2 Å². The van der Waals surface area contributed by atoms with Crippen molar-refractivity contribution >= 4 is 27.6 Å². The van der Waals surface area contributed by atoms with Gasteiger partial charge in [-0.15, -0.1) is 0 Å². The number of aryl methyl sites for hydroxylation is 1. The van der Waals surface area contributed by atoms with Crippen molar-refractivity contribution in [3.8, 4) is 5.75 Å². The van der Waals surface area contributed by atoms with Gasteiger partial charge in [0, 0.05) is 0 Å². The van der Waals surface area contributed by atoms with Gasteiger partial charge < -0.3 is 15.2 Å². The third-order valence-electron chi connectivity index (χ3n) is 3.78. The number of carbonyl (C=O) groups is 2. The number of benzene rings is 2. The van der Waals surface area contributed by atoms with Crippen molar-refractivity contribution in [2.75, 3.05) is 11.8 Å². The van der Waals surface area contributed by atoms with Crippen LogP contribution in [-0.4, -0.2) is 33.5 Å². The molecule has 0 unspecified atom stereocenters. The van der Waals surface area contributed by atoms with Crippen LogP contribution in [-0.2, 0) is 19.6 Å². The number of ether oxygens (including phenoxy) is 2. The van der Waals surface area contributed by atoms with Gasteiger partial charge in [0.2, 0.25) is 0 Å². The minimum absolute atomic E-state index is 0.0194. The predicted octanol–water partition coefficient (Wildman–Crippen LogP) is 1.84. The highest BCUT2D eigenvalue weighted by atomic mass is 32.2. The van der Waals surface area contributed by atoms with Gasteiger partial charge in [-0.05, 0) is 43.7 Å². The molecule has 0 spiro atoms. The van der Waals surface area contributed by atoms with Gasteiger partial charge in [0.25, 0.3) is 15.9 Å². The van der Waals surface area contributed by atoms with Crippen molar-refractivity contribution in [3.05, 3.63) is 53.6 Å². The van der Waals surface area contributed by atoms with Gasteiger partial charge in [-0.2, -0.15) is 0 Å². The van der Waals surface area contributed by atoms with Crippen LogP contribution in [0.2, 0.25) is 0 Å². The largest absolute Gasteiger partial charge is 0.495 e. The Hall–Kier alpha value is -3.07. The number of nitrogens with one attached hydrogen (secondary N) is 1.